The first-order chi connectivity index (χ1) is 8.01. The van der Waals surface area contributed by atoms with E-state index in [1.54, 1.807) is 0 Å². The van der Waals surface area contributed by atoms with Crippen LogP contribution in [0.1, 0.15) is 33.6 Å². The van der Waals surface area contributed by atoms with Gasteiger partial charge < -0.3 is 15.0 Å². The van der Waals surface area contributed by atoms with Crippen molar-refractivity contribution in [1.82, 2.24) is 10.2 Å². The lowest BCUT2D eigenvalue weighted by Gasteiger charge is -2.34. The van der Waals surface area contributed by atoms with E-state index in [0.29, 0.717) is 11.8 Å². The summed E-state index contributed by atoms with van der Waals surface area (Å²) in [6.45, 7) is 10.0. The maximum atomic E-state index is 11.9. The van der Waals surface area contributed by atoms with Crippen LogP contribution in [-0.2, 0) is 4.74 Å². The molecule has 2 heterocycles. The monoisotopic (exact) mass is 240 g/mol. The Bertz CT molecular complexity index is 287. The SMILES string of the molecule is CC(C)CN1CC(C)(C2CCNCC2)OC1=O. The number of nitrogens with one attached hydrogen (secondary N) is 1. The summed E-state index contributed by atoms with van der Waals surface area (Å²) in [5.74, 6) is 1.00. The molecule has 0 bridgehead atoms. The van der Waals surface area contributed by atoms with Crippen molar-refractivity contribution in [2.45, 2.75) is 39.2 Å². The van der Waals surface area contributed by atoms with Gasteiger partial charge in [0, 0.05) is 12.5 Å². The average Bonchev–Trinajstić information content (AvgIpc) is 2.56. The molecule has 4 nitrogen and oxygen atoms in total. The first kappa shape index (κ1) is 12.7. The second-order valence-electron chi connectivity index (χ2n) is 5.98. The fraction of sp³-hybridized carbons (Fsp3) is 0.923. The van der Waals surface area contributed by atoms with Gasteiger partial charge in [-0.2, -0.15) is 0 Å². The zero-order chi connectivity index (χ0) is 12.5. The zero-order valence-electron chi connectivity index (χ0n) is 11.2. The van der Waals surface area contributed by atoms with Gasteiger partial charge in [-0.1, -0.05) is 13.8 Å². The average molecular weight is 240 g/mol. The number of carbonyl (C=O) groups excluding carboxylic acids is 1. The number of hydrogen-bond donors (Lipinski definition) is 1. The van der Waals surface area contributed by atoms with Crippen molar-refractivity contribution in [3.8, 4) is 0 Å². The van der Waals surface area contributed by atoms with Crippen LogP contribution in [0.25, 0.3) is 0 Å². The number of carbonyl (C=O) groups is 1. The molecule has 1 amide bonds. The third-order valence-corrected chi connectivity index (χ3v) is 3.87. The molecule has 2 saturated heterocycles. The standard InChI is InChI=1S/C13H24N2O2/c1-10(2)8-15-9-13(3,17-12(15)16)11-4-6-14-7-5-11/h10-11,14H,4-9H2,1-3H3. The minimum Gasteiger partial charge on any atom is -0.441 e. The minimum atomic E-state index is -0.270. The Kier molecular flexibility index (Phi) is 3.61. The quantitative estimate of drug-likeness (QED) is 0.818. The lowest BCUT2D eigenvalue weighted by Crippen LogP contribution is -2.44. The summed E-state index contributed by atoms with van der Waals surface area (Å²) in [7, 11) is 0. The highest BCUT2D eigenvalue weighted by Gasteiger charge is 2.46. The molecule has 1 unspecified atom stereocenters. The number of amides is 1. The van der Waals surface area contributed by atoms with E-state index in [-0.39, 0.29) is 11.7 Å². The smallest absolute Gasteiger partial charge is 0.410 e. The molecule has 0 spiro atoms. The number of nitrogens with zero attached hydrogens (tertiary/aromatic N) is 1. The van der Waals surface area contributed by atoms with Crippen LogP contribution in [0.15, 0.2) is 0 Å². The maximum Gasteiger partial charge on any atom is 0.410 e. The molecule has 2 aliphatic rings. The van der Waals surface area contributed by atoms with E-state index in [4.69, 9.17) is 4.74 Å². The molecule has 0 aromatic carbocycles. The number of piperidine rings is 1. The van der Waals surface area contributed by atoms with E-state index < -0.39 is 0 Å². The molecule has 17 heavy (non-hydrogen) atoms. The predicted octanol–water partition coefficient (Wildman–Crippen LogP) is 1.85. The first-order valence-corrected chi connectivity index (χ1v) is 6.70. The molecule has 98 valence electrons. The summed E-state index contributed by atoms with van der Waals surface area (Å²) in [5, 5.41) is 3.36. The van der Waals surface area contributed by atoms with E-state index in [1.165, 1.54) is 0 Å². The molecule has 2 fully saturated rings. The lowest BCUT2D eigenvalue weighted by molar-refractivity contribution is 0.00943. The van der Waals surface area contributed by atoms with E-state index in [1.807, 2.05) is 4.90 Å². The zero-order valence-corrected chi connectivity index (χ0v) is 11.2. The third-order valence-electron chi connectivity index (χ3n) is 3.87. The van der Waals surface area contributed by atoms with Crippen molar-refractivity contribution in [2.24, 2.45) is 11.8 Å². The molecule has 1 N–H and O–H groups in total. The highest BCUT2D eigenvalue weighted by atomic mass is 16.6. The van der Waals surface area contributed by atoms with Gasteiger partial charge in [0.1, 0.15) is 5.60 Å². The Labute approximate surface area is 104 Å². The van der Waals surface area contributed by atoms with Gasteiger partial charge in [-0.15, -0.1) is 0 Å². The van der Waals surface area contributed by atoms with Gasteiger partial charge in [-0.25, -0.2) is 4.79 Å². The number of hydrogen-bond acceptors (Lipinski definition) is 3. The number of rotatable bonds is 3. The summed E-state index contributed by atoms with van der Waals surface area (Å²) < 4.78 is 5.66. The Hall–Kier alpha value is -0.770. The normalized spacial score (nSPS) is 31.1. The summed E-state index contributed by atoms with van der Waals surface area (Å²) in [5.41, 5.74) is -0.270. The van der Waals surface area contributed by atoms with Crippen LogP contribution in [0.4, 0.5) is 4.79 Å². The van der Waals surface area contributed by atoms with Crippen LogP contribution in [-0.4, -0.2) is 42.8 Å². The van der Waals surface area contributed by atoms with E-state index in [9.17, 15) is 4.79 Å². The molecule has 2 aliphatic heterocycles. The van der Waals surface area contributed by atoms with E-state index in [0.717, 1.165) is 39.0 Å². The Morgan fingerprint density at radius 1 is 1.47 bits per heavy atom. The van der Waals surface area contributed by atoms with Gasteiger partial charge in [0.15, 0.2) is 0 Å². The van der Waals surface area contributed by atoms with Crippen LogP contribution in [0.5, 0.6) is 0 Å². The molecule has 0 radical (unpaired) electrons. The summed E-state index contributed by atoms with van der Waals surface area (Å²) in [6, 6.07) is 0. The van der Waals surface area contributed by atoms with Gasteiger partial charge in [-0.05, 0) is 38.8 Å². The molecule has 4 heteroatoms. The summed E-state index contributed by atoms with van der Waals surface area (Å²) >= 11 is 0. The van der Waals surface area contributed by atoms with Crippen molar-refractivity contribution in [1.29, 1.82) is 0 Å². The third kappa shape index (κ3) is 2.73. The summed E-state index contributed by atoms with van der Waals surface area (Å²) in [4.78, 5) is 13.7. The van der Waals surface area contributed by atoms with Crippen LogP contribution in [0, 0.1) is 11.8 Å². The van der Waals surface area contributed by atoms with Crippen LogP contribution in [0.3, 0.4) is 0 Å². The Morgan fingerprint density at radius 2 is 2.12 bits per heavy atom. The molecule has 1 atom stereocenters. The fourth-order valence-electron chi connectivity index (χ4n) is 2.96. The molecule has 2 rings (SSSR count). The van der Waals surface area contributed by atoms with Crippen molar-refractivity contribution in [2.75, 3.05) is 26.2 Å². The maximum absolute atomic E-state index is 11.9. The molecule has 0 saturated carbocycles. The fourth-order valence-corrected chi connectivity index (χ4v) is 2.96. The Morgan fingerprint density at radius 3 is 2.71 bits per heavy atom. The second kappa shape index (κ2) is 4.84. The van der Waals surface area contributed by atoms with Crippen molar-refractivity contribution < 1.29 is 9.53 Å². The van der Waals surface area contributed by atoms with Crippen LogP contribution in [0.2, 0.25) is 0 Å². The second-order valence-corrected chi connectivity index (χ2v) is 5.98. The van der Waals surface area contributed by atoms with Crippen molar-refractivity contribution >= 4 is 6.09 Å². The van der Waals surface area contributed by atoms with Gasteiger partial charge in [-0.3, -0.25) is 0 Å². The van der Waals surface area contributed by atoms with Crippen molar-refractivity contribution in [3.05, 3.63) is 0 Å². The van der Waals surface area contributed by atoms with Crippen molar-refractivity contribution in [3.63, 3.8) is 0 Å². The highest BCUT2D eigenvalue weighted by molar-refractivity contribution is 5.70. The molecule has 0 aliphatic carbocycles. The minimum absolute atomic E-state index is 0.125. The highest BCUT2D eigenvalue weighted by Crippen LogP contribution is 2.35. The Balaban J connectivity index is 1.99. The molecule has 0 aromatic heterocycles. The van der Waals surface area contributed by atoms with Gasteiger partial charge in [0.25, 0.3) is 0 Å². The largest absolute Gasteiger partial charge is 0.441 e. The van der Waals surface area contributed by atoms with Gasteiger partial charge >= 0.3 is 6.09 Å². The molecule has 0 aromatic rings. The van der Waals surface area contributed by atoms with E-state index >= 15 is 0 Å². The molecular weight excluding hydrogens is 216 g/mol. The predicted molar refractivity (Wildman–Crippen MR) is 66.9 cm³/mol. The van der Waals surface area contributed by atoms with Crippen LogP contribution < -0.4 is 5.32 Å². The first-order valence-electron chi connectivity index (χ1n) is 6.70. The summed E-state index contributed by atoms with van der Waals surface area (Å²) in [6.07, 6.45) is 2.10. The van der Waals surface area contributed by atoms with Crippen LogP contribution >= 0.6 is 0 Å². The molecular formula is C13H24N2O2. The lowest BCUT2D eigenvalue weighted by atomic mass is 9.82. The topological polar surface area (TPSA) is 41.6 Å². The number of ether oxygens (including phenoxy) is 1. The van der Waals surface area contributed by atoms with Gasteiger partial charge in [0.05, 0.1) is 6.54 Å². The van der Waals surface area contributed by atoms with Gasteiger partial charge in [0.2, 0.25) is 0 Å². The number of cyclic esters (lactones) is 1. The van der Waals surface area contributed by atoms with E-state index in [2.05, 4.69) is 26.1 Å².